The number of hydrogen-bond acceptors (Lipinski definition) is 1. The molecule has 0 fully saturated rings. The van der Waals surface area contributed by atoms with Gasteiger partial charge in [-0.3, -0.25) is 4.79 Å². The Hall–Kier alpha value is -1.60. The highest BCUT2D eigenvalue weighted by Gasteiger charge is 2.07. The number of hydrogen-bond donors (Lipinski definition) is 0. The van der Waals surface area contributed by atoms with Gasteiger partial charge in [0.15, 0.2) is 6.29 Å². The van der Waals surface area contributed by atoms with Crippen LogP contribution in [0.3, 0.4) is 0 Å². The second-order valence-electron chi connectivity index (χ2n) is 3.68. The van der Waals surface area contributed by atoms with E-state index in [0.29, 0.717) is 10.6 Å². The SMILES string of the molecule is Cc1ccc(-c2cccc(Cl)c2C=O)cc1. The van der Waals surface area contributed by atoms with Crippen LogP contribution in [0.1, 0.15) is 15.9 Å². The minimum atomic E-state index is 0.494. The van der Waals surface area contributed by atoms with Crippen LogP contribution >= 0.6 is 11.6 Å². The Labute approximate surface area is 99.7 Å². The summed E-state index contributed by atoms with van der Waals surface area (Å²) in [6.45, 7) is 2.03. The van der Waals surface area contributed by atoms with E-state index in [1.165, 1.54) is 5.56 Å². The van der Waals surface area contributed by atoms with E-state index in [0.717, 1.165) is 17.4 Å². The molecule has 2 aromatic rings. The third-order valence-corrected chi connectivity index (χ3v) is 2.86. The number of aryl methyl sites for hydroxylation is 1. The quantitative estimate of drug-likeness (QED) is 0.709. The molecule has 0 unspecified atom stereocenters. The van der Waals surface area contributed by atoms with Gasteiger partial charge >= 0.3 is 0 Å². The zero-order valence-corrected chi connectivity index (χ0v) is 9.66. The second kappa shape index (κ2) is 4.50. The molecular formula is C14H11ClO. The van der Waals surface area contributed by atoms with E-state index in [4.69, 9.17) is 11.6 Å². The van der Waals surface area contributed by atoms with Crippen LogP contribution in [0.4, 0.5) is 0 Å². The zero-order chi connectivity index (χ0) is 11.5. The molecule has 80 valence electrons. The summed E-state index contributed by atoms with van der Waals surface area (Å²) in [6, 6.07) is 13.5. The highest BCUT2D eigenvalue weighted by molar-refractivity contribution is 6.33. The maximum absolute atomic E-state index is 11.0. The summed E-state index contributed by atoms with van der Waals surface area (Å²) in [6.07, 6.45) is 0.803. The Balaban J connectivity index is 2.59. The van der Waals surface area contributed by atoms with Crippen LogP contribution in [0.15, 0.2) is 42.5 Å². The van der Waals surface area contributed by atoms with E-state index < -0.39 is 0 Å². The molecule has 0 aliphatic carbocycles. The Morgan fingerprint density at radius 1 is 1.06 bits per heavy atom. The lowest BCUT2D eigenvalue weighted by Gasteiger charge is -2.06. The number of carbonyl (C=O) groups is 1. The van der Waals surface area contributed by atoms with E-state index in [9.17, 15) is 4.79 Å². The largest absolute Gasteiger partial charge is 0.298 e. The van der Waals surface area contributed by atoms with E-state index in [1.807, 2.05) is 43.3 Å². The first-order valence-electron chi connectivity index (χ1n) is 5.03. The summed E-state index contributed by atoms with van der Waals surface area (Å²) in [5.41, 5.74) is 3.63. The minimum Gasteiger partial charge on any atom is -0.298 e. The van der Waals surface area contributed by atoms with Gasteiger partial charge in [-0.1, -0.05) is 53.6 Å². The monoisotopic (exact) mass is 230 g/mol. The molecule has 0 heterocycles. The van der Waals surface area contributed by atoms with Gasteiger partial charge in [-0.25, -0.2) is 0 Å². The van der Waals surface area contributed by atoms with Crippen LogP contribution in [0.5, 0.6) is 0 Å². The summed E-state index contributed by atoms with van der Waals surface area (Å²) in [5, 5.41) is 0.494. The number of carbonyl (C=O) groups excluding carboxylic acids is 1. The first-order chi connectivity index (χ1) is 7.72. The Morgan fingerprint density at radius 2 is 1.75 bits per heavy atom. The summed E-state index contributed by atoms with van der Waals surface area (Å²) in [4.78, 5) is 11.0. The summed E-state index contributed by atoms with van der Waals surface area (Å²) < 4.78 is 0. The lowest BCUT2D eigenvalue weighted by atomic mass is 9.99. The highest BCUT2D eigenvalue weighted by Crippen LogP contribution is 2.27. The normalized spacial score (nSPS) is 10.1. The molecule has 0 N–H and O–H groups in total. The van der Waals surface area contributed by atoms with Gasteiger partial charge in [0.25, 0.3) is 0 Å². The van der Waals surface area contributed by atoms with E-state index >= 15 is 0 Å². The molecule has 0 saturated heterocycles. The van der Waals surface area contributed by atoms with Crippen LogP contribution in [-0.2, 0) is 0 Å². The summed E-state index contributed by atoms with van der Waals surface area (Å²) in [5.74, 6) is 0. The summed E-state index contributed by atoms with van der Waals surface area (Å²) >= 11 is 5.98. The van der Waals surface area contributed by atoms with Crippen molar-refractivity contribution < 1.29 is 4.79 Å². The molecule has 16 heavy (non-hydrogen) atoms. The number of benzene rings is 2. The van der Waals surface area contributed by atoms with Crippen LogP contribution in [0.25, 0.3) is 11.1 Å². The van der Waals surface area contributed by atoms with Crippen LogP contribution in [-0.4, -0.2) is 6.29 Å². The first kappa shape index (κ1) is 10.9. The Morgan fingerprint density at radius 3 is 2.38 bits per heavy atom. The highest BCUT2D eigenvalue weighted by atomic mass is 35.5. The summed E-state index contributed by atoms with van der Waals surface area (Å²) in [7, 11) is 0. The van der Waals surface area contributed by atoms with Crippen molar-refractivity contribution in [2.75, 3.05) is 0 Å². The van der Waals surface area contributed by atoms with Crippen molar-refractivity contribution in [3.63, 3.8) is 0 Å². The van der Waals surface area contributed by atoms with Gasteiger partial charge < -0.3 is 0 Å². The van der Waals surface area contributed by atoms with Gasteiger partial charge in [-0.05, 0) is 24.1 Å². The van der Waals surface area contributed by atoms with E-state index in [1.54, 1.807) is 6.07 Å². The zero-order valence-electron chi connectivity index (χ0n) is 8.91. The number of rotatable bonds is 2. The fourth-order valence-electron chi connectivity index (χ4n) is 1.64. The van der Waals surface area contributed by atoms with Gasteiger partial charge in [0.05, 0.1) is 5.02 Å². The third kappa shape index (κ3) is 2.00. The smallest absolute Gasteiger partial charge is 0.152 e. The number of halogens is 1. The molecule has 2 heteroatoms. The molecule has 0 radical (unpaired) electrons. The van der Waals surface area contributed by atoms with Crippen LogP contribution in [0.2, 0.25) is 5.02 Å². The van der Waals surface area contributed by atoms with Crippen molar-refractivity contribution in [2.24, 2.45) is 0 Å². The fraction of sp³-hybridized carbons (Fsp3) is 0.0714. The predicted molar refractivity (Wildman–Crippen MR) is 67.0 cm³/mol. The first-order valence-corrected chi connectivity index (χ1v) is 5.41. The van der Waals surface area contributed by atoms with Crippen molar-refractivity contribution in [3.05, 3.63) is 58.6 Å². The maximum Gasteiger partial charge on any atom is 0.152 e. The van der Waals surface area contributed by atoms with E-state index in [2.05, 4.69) is 0 Å². The molecule has 0 aromatic heterocycles. The van der Waals surface area contributed by atoms with Crippen molar-refractivity contribution in [1.29, 1.82) is 0 Å². The van der Waals surface area contributed by atoms with Gasteiger partial charge in [-0.15, -0.1) is 0 Å². The predicted octanol–water partition coefficient (Wildman–Crippen LogP) is 4.13. The molecule has 0 spiro atoms. The third-order valence-electron chi connectivity index (χ3n) is 2.53. The lowest BCUT2D eigenvalue weighted by molar-refractivity contribution is 0.112. The van der Waals surface area contributed by atoms with Crippen LogP contribution in [0, 0.1) is 6.92 Å². The standard InChI is InChI=1S/C14H11ClO/c1-10-5-7-11(8-6-10)12-3-2-4-14(15)13(12)9-16/h2-9H,1H3. The molecule has 0 amide bonds. The second-order valence-corrected chi connectivity index (χ2v) is 4.09. The molecular weight excluding hydrogens is 220 g/mol. The van der Waals surface area contributed by atoms with E-state index in [-0.39, 0.29) is 0 Å². The molecule has 1 nitrogen and oxygen atoms in total. The molecule has 0 saturated carbocycles. The molecule has 0 aliphatic rings. The maximum atomic E-state index is 11.0. The molecule has 0 bridgehead atoms. The Kier molecular flexibility index (Phi) is 3.07. The van der Waals surface area contributed by atoms with Crippen LogP contribution < -0.4 is 0 Å². The topological polar surface area (TPSA) is 17.1 Å². The van der Waals surface area contributed by atoms with Crippen molar-refractivity contribution in [1.82, 2.24) is 0 Å². The Bertz CT molecular complexity index is 515. The minimum absolute atomic E-state index is 0.494. The van der Waals surface area contributed by atoms with Crippen molar-refractivity contribution in [3.8, 4) is 11.1 Å². The van der Waals surface area contributed by atoms with Gasteiger partial charge in [0.1, 0.15) is 0 Å². The van der Waals surface area contributed by atoms with Gasteiger partial charge in [0.2, 0.25) is 0 Å². The van der Waals surface area contributed by atoms with Crippen molar-refractivity contribution >= 4 is 17.9 Å². The molecule has 0 atom stereocenters. The fourth-order valence-corrected chi connectivity index (χ4v) is 1.86. The average Bonchev–Trinajstić information content (AvgIpc) is 2.30. The average molecular weight is 231 g/mol. The van der Waals surface area contributed by atoms with Crippen molar-refractivity contribution in [2.45, 2.75) is 6.92 Å². The number of aldehydes is 1. The van der Waals surface area contributed by atoms with Gasteiger partial charge in [-0.2, -0.15) is 0 Å². The molecule has 2 rings (SSSR count). The molecule has 2 aromatic carbocycles. The molecule has 0 aliphatic heterocycles. The lowest BCUT2D eigenvalue weighted by Crippen LogP contribution is -1.88. The van der Waals surface area contributed by atoms with Gasteiger partial charge in [0, 0.05) is 5.56 Å².